The van der Waals surface area contributed by atoms with Crippen LogP contribution in [0.3, 0.4) is 0 Å². The van der Waals surface area contributed by atoms with Crippen molar-refractivity contribution in [1.29, 1.82) is 0 Å². The number of hydrogen-bond donors (Lipinski definition) is 1. The molecule has 1 N–H and O–H groups in total. The van der Waals surface area contributed by atoms with E-state index in [0.717, 1.165) is 21.8 Å². The summed E-state index contributed by atoms with van der Waals surface area (Å²) in [6, 6.07) is 8.23. The topological polar surface area (TPSA) is 79.0 Å². The lowest BCUT2D eigenvalue weighted by Gasteiger charge is -2.25. The van der Waals surface area contributed by atoms with Crippen molar-refractivity contribution in [2.24, 2.45) is 0 Å². The number of halogens is 2. The molecule has 0 radical (unpaired) electrons. The molecule has 1 aromatic carbocycles. The van der Waals surface area contributed by atoms with Gasteiger partial charge in [-0.1, -0.05) is 29.3 Å². The van der Waals surface area contributed by atoms with Crippen molar-refractivity contribution >= 4 is 50.6 Å². The number of carbonyl (C=O) groups is 1. The quantitative estimate of drug-likeness (QED) is 0.690. The van der Waals surface area contributed by atoms with Crippen LogP contribution in [0.25, 0.3) is 0 Å². The monoisotopic (exact) mass is 477 g/mol. The summed E-state index contributed by atoms with van der Waals surface area (Å²) < 4.78 is 32.2. The molecule has 1 aliphatic rings. The van der Waals surface area contributed by atoms with Crippen LogP contribution >= 0.6 is 34.5 Å². The van der Waals surface area contributed by atoms with Crippen molar-refractivity contribution in [3.05, 3.63) is 50.8 Å². The molecular weight excluding hydrogens is 457 g/mol. The first-order valence-corrected chi connectivity index (χ1v) is 11.9. The zero-order chi connectivity index (χ0) is 21.0. The van der Waals surface area contributed by atoms with Gasteiger partial charge in [0.05, 0.1) is 29.8 Å². The first-order chi connectivity index (χ1) is 13.8. The SMILES string of the molecule is CN(Cc1ccc(Cl)c(Cl)c1)C(=O)NCc1ccc(S(=O)(=O)N2CCOCC2)s1. The van der Waals surface area contributed by atoms with E-state index < -0.39 is 10.0 Å². The molecular formula is C18H21Cl2N3O4S2. The average Bonchev–Trinajstić information content (AvgIpc) is 3.19. The number of carbonyl (C=O) groups excluding carboxylic acids is 1. The summed E-state index contributed by atoms with van der Waals surface area (Å²) >= 11 is 13.1. The number of morpholine rings is 1. The van der Waals surface area contributed by atoms with Gasteiger partial charge in [-0.2, -0.15) is 4.31 Å². The number of urea groups is 1. The minimum atomic E-state index is -3.52. The number of hydrogen-bond acceptors (Lipinski definition) is 5. The van der Waals surface area contributed by atoms with Crippen molar-refractivity contribution in [1.82, 2.24) is 14.5 Å². The molecule has 0 atom stereocenters. The molecule has 2 aromatic rings. The molecule has 11 heteroatoms. The molecule has 3 rings (SSSR count). The van der Waals surface area contributed by atoms with Gasteiger partial charge in [-0.25, -0.2) is 13.2 Å². The Hall–Kier alpha value is -1.36. The van der Waals surface area contributed by atoms with Gasteiger partial charge >= 0.3 is 6.03 Å². The average molecular weight is 478 g/mol. The highest BCUT2D eigenvalue weighted by Crippen LogP contribution is 2.26. The van der Waals surface area contributed by atoms with Gasteiger partial charge in [0, 0.05) is 31.6 Å². The van der Waals surface area contributed by atoms with Crippen LogP contribution < -0.4 is 5.32 Å². The number of amides is 2. The molecule has 0 bridgehead atoms. The van der Waals surface area contributed by atoms with Crippen LogP contribution in [0.15, 0.2) is 34.5 Å². The fourth-order valence-corrected chi connectivity index (χ4v) is 5.97. The van der Waals surface area contributed by atoms with Gasteiger partial charge in [0.2, 0.25) is 0 Å². The highest BCUT2D eigenvalue weighted by Gasteiger charge is 2.27. The third kappa shape index (κ3) is 5.62. The van der Waals surface area contributed by atoms with Gasteiger partial charge in [-0.05, 0) is 29.8 Å². The smallest absolute Gasteiger partial charge is 0.317 e. The third-order valence-electron chi connectivity index (χ3n) is 4.37. The number of thiophene rings is 1. The summed E-state index contributed by atoms with van der Waals surface area (Å²) in [6.45, 7) is 2.12. The first kappa shape index (κ1) is 22.3. The van der Waals surface area contributed by atoms with Gasteiger partial charge in [0.25, 0.3) is 10.0 Å². The Morgan fingerprint density at radius 1 is 1.21 bits per heavy atom. The molecule has 1 aromatic heterocycles. The van der Waals surface area contributed by atoms with Crippen LogP contribution in [0.1, 0.15) is 10.4 Å². The second-order valence-electron chi connectivity index (χ2n) is 6.50. The predicted octanol–water partition coefficient (Wildman–Crippen LogP) is 3.42. The van der Waals surface area contributed by atoms with E-state index in [-0.39, 0.29) is 16.8 Å². The van der Waals surface area contributed by atoms with Crippen LogP contribution in [-0.4, -0.2) is 57.0 Å². The normalized spacial score (nSPS) is 15.3. The largest absolute Gasteiger partial charge is 0.379 e. The van der Waals surface area contributed by atoms with Crippen molar-refractivity contribution < 1.29 is 17.9 Å². The van der Waals surface area contributed by atoms with Gasteiger partial charge < -0.3 is 15.0 Å². The third-order valence-corrected chi connectivity index (χ3v) is 8.56. The van der Waals surface area contributed by atoms with E-state index in [1.54, 1.807) is 37.4 Å². The predicted molar refractivity (Wildman–Crippen MR) is 114 cm³/mol. The zero-order valence-corrected chi connectivity index (χ0v) is 18.9. The summed E-state index contributed by atoms with van der Waals surface area (Å²) in [4.78, 5) is 14.6. The Labute approximate surface area is 184 Å². The van der Waals surface area contributed by atoms with E-state index in [1.165, 1.54) is 9.21 Å². The van der Waals surface area contributed by atoms with Crippen molar-refractivity contribution in [3.63, 3.8) is 0 Å². The Morgan fingerprint density at radius 2 is 1.93 bits per heavy atom. The lowest BCUT2D eigenvalue weighted by molar-refractivity contribution is 0.0731. The van der Waals surface area contributed by atoms with E-state index in [9.17, 15) is 13.2 Å². The van der Waals surface area contributed by atoms with Crippen LogP contribution in [0.4, 0.5) is 4.79 Å². The van der Waals surface area contributed by atoms with Gasteiger partial charge in [-0.3, -0.25) is 0 Å². The molecule has 1 saturated heterocycles. The van der Waals surface area contributed by atoms with Crippen molar-refractivity contribution in [2.75, 3.05) is 33.4 Å². The molecule has 0 unspecified atom stereocenters. The lowest BCUT2D eigenvalue weighted by Crippen LogP contribution is -2.40. The van der Waals surface area contributed by atoms with E-state index >= 15 is 0 Å². The molecule has 2 amide bonds. The summed E-state index contributed by atoms with van der Waals surface area (Å²) in [5.74, 6) is 0. The maximum absolute atomic E-state index is 12.7. The minimum Gasteiger partial charge on any atom is -0.379 e. The number of sulfonamides is 1. The second kappa shape index (κ2) is 9.63. The Kier molecular flexibility index (Phi) is 7.42. The van der Waals surface area contributed by atoms with Crippen molar-refractivity contribution in [2.45, 2.75) is 17.3 Å². The first-order valence-electron chi connectivity index (χ1n) is 8.87. The van der Waals surface area contributed by atoms with Gasteiger partial charge in [0.15, 0.2) is 0 Å². The minimum absolute atomic E-state index is 0.244. The molecule has 1 aliphatic heterocycles. The summed E-state index contributed by atoms with van der Waals surface area (Å²) in [5, 5.41) is 3.70. The zero-order valence-electron chi connectivity index (χ0n) is 15.7. The number of rotatable bonds is 6. The van der Waals surface area contributed by atoms with Crippen LogP contribution in [0.5, 0.6) is 0 Å². The molecule has 158 valence electrons. The lowest BCUT2D eigenvalue weighted by atomic mass is 10.2. The van der Waals surface area contributed by atoms with E-state index in [0.29, 0.717) is 42.9 Å². The van der Waals surface area contributed by atoms with Crippen LogP contribution in [-0.2, 0) is 27.8 Å². The molecule has 0 spiro atoms. The van der Waals surface area contributed by atoms with Gasteiger partial charge in [0.1, 0.15) is 4.21 Å². The number of ether oxygens (including phenoxy) is 1. The maximum atomic E-state index is 12.7. The highest BCUT2D eigenvalue weighted by atomic mass is 35.5. The summed E-state index contributed by atoms with van der Waals surface area (Å²) in [6.07, 6.45) is 0. The Balaban J connectivity index is 1.55. The van der Waals surface area contributed by atoms with Gasteiger partial charge in [-0.15, -0.1) is 11.3 Å². The molecule has 2 heterocycles. The second-order valence-corrected chi connectivity index (χ2v) is 10.6. The summed E-state index contributed by atoms with van der Waals surface area (Å²) in [5.41, 5.74) is 0.854. The molecule has 0 aliphatic carbocycles. The Morgan fingerprint density at radius 3 is 2.62 bits per heavy atom. The van der Waals surface area contributed by atoms with E-state index in [1.807, 2.05) is 0 Å². The fraction of sp³-hybridized carbons (Fsp3) is 0.389. The van der Waals surface area contributed by atoms with Crippen LogP contribution in [0, 0.1) is 0 Å². The molecule has 1 fully saturated rings. The van der Waals surface area contributed by atoms with Crippen molar-refractivity contribution in [3.8, 4) is 0 Å². The van der Waals surface area contributed by atoms with E-state index in [2.05, 4.69) is 5.32 Å². The molecule has 29 heavy (non-hydrogen) atoms. The van der Waals surface area contributed by atoms with E-state index in [4.69, 9.17) is 27.9 Å². The number of benzene rings is 1. The fourth-order valence-electron chi connectivity index (χ4n) is 2.79. The molecule has 7 nitrogen and oxygen atoms in total. The number of nitrogens with one attached hydrogen (secondary N) is 1. The number of nitrogens with zero attached hydrogens (tertiary/aromatic N) is 2. The Bertz CT molecular complexity index is 975. The van der Waals surface area contributed by atoms with Crippen LogP contribution in [0.2, 0.25) is 10.0 Å². The molecule has 0 saturated carbocycles. The summed E-state index contributed by atoms with van der Waals surface area (Å²) in [7, 11) is -1.85. The highest BCUT2D eigenvalue weighted by molar-refractivity contribution is 7.91. The standard InChI is InChI=1S/C18H21Cl2N3O4S2/c1-22(12-13-2-4-15(19)16(20)10-13)18(24)21-11-14-3-5-17(28-14)29(25,26)23-6-8-27-9-7-23/h2-5,10H,6-9,11-12H2,1H3,(H,21,24). The maximum Gasteiger partial charge on any atom is 0.317 e.